The molecule has 2 amide bonds. The van der Waals surface area contributed by atoms with E-state index in [1.165, 1.54) is 4.90 Å². The molecular weight excluding hydrogens is 344 g/mol. The number of likely N-dealkylation sites (N-methyl/N-ethyl adjacent to an activating group) is 1. The van der Waals surface area contributed by atoms with Crippen LogP contribution in [0.4, 0.5) is 5.69 Å². The minimum absolute atomic E-state index is 0.111. The first kappa shape index (κ1) is 18.8. The van der Waals surface area contributed by atoms with Gasteiger partial charge in [-0.15, -0.1) is 0 Å². The average molecular weight is 368 g/mol. The standard InChI is InChI=1S/C21H24N2O4/c1-14-9-15(2)11-16(10-14)26-13-20(24)23-12-19(21(25)22(3)4)27-18-8-6-5-7-17(18)23/h5-11,19H,12-13H2,1-4H3/t19-/m0/s1. The zero-order chi connectivity index (χ0) is 19.6. The molecule has 0 saturated heterocycles. The van der Waals surface area contributed by atoms with E-state index in [9.17, 15) is 9.59 Å². The predicted molar refractivity (Wildman–Crippen MR) is 103 cm³/mol. The lowest BCUT2D eigenvalue weighted by Gasteiger charge is -2.35. The third-order valence-electron chi connectivity index (χ3n) is 4.35. The van der Waals surface area contributed by atoms with E-state index in [1.807, 2.05) is 44.2 Å². The highest BCUT2D eigenvalue weighted by molar-refractivity contribution is 5.98. The number of benzene rings is 2. The quantitative estimate of drug-likeness (QED) is 0.832. The SMILES string of the molecule is Cc1cc(C)cc(OCC(=O)N2C[C@@H](C(=O)N(C)C)Oc3ccccc32)c1. The van der Waals surface area contributed by atoms with Crippen LogP contribution in [0.2, 0.25) is 0 Å². The zero-order valence-corrected chi connectivity index (χ0v) is 16.1. The lowest BCUT2D eigenvalue weighted by Crippen LogP contribution is -2.51. The van der Waals surface area contributed by atoms with Gasteiger partial charge >= 0.3 is 0 Å². The third kappa shape index (κ3) is 4.22. The van der Waals surface area contributed by atoms with Gasteiger partial charge in [0.1, 0.15) is 11.5 Å². The second-order valence-corrected chi connectivity index (χ2v) is 6.92. The second kappa shape index (κ2) is 7.70. The number of ether oxygens (including phenoxy) is 2. The van der Waals surface area contributed by atoms with Crippen molar-refractivity contribution < 1.29 is 19.1 Å². The van der Waals surface area contributed by atoms with Gasteiger partial charge in [0, 0.05) is 14.1 Å². The lowest BCUT2D eigenvalue weighted by atomic mass is 10.1. The van der Waals surface area contributed by atoms with Crippen LogP contribution in [-0.4, -0.2) is 50.1 Å². The van der Waals surface area contributed by atoms with Crippen LogP contribution in [0.1, 0.15) is 11.1 Å². The molecule has 1 aliphatic heterocycles. The number of hydrogen-bond donors (Lipinski definition) is 0. The highest BCUT2D eigenvalue weighted by Crippen LogP contribution is 2.33. The molecule has 0 unspecified atom stereocenters. The number of amides is 2. The molecule has 3 rings (SSSR count). The lowest BCUT2D eigenvalue weighted by molar-refractivity contribution is -0.136. The second-order valence-electron chi connectivity index (χ2n) is 6.92. The summed E-state index contributed by atoms with van der Waals surface area (Å²) in [5.41, 5.74) is 2.80. The summed E-state index contributed by atoms with van der Waals surface area (Å²) in [5, 5.41) is 0. The van der Waals surface area contributed by atoms with Crippen LogP contribution in [0.5, 0.6) is 11.5 Å². The maximum atomic E-state index is 12.9. The van der Waals surface area contributed by atoms with Crippen molar-refractivity contribution >= 4 is 17.5 Å². The van der Waals surface area contributed by atoms with Crippen molar-refractivity contribution in [2.24, 2.45) is 0 Å². The highest BCUT2D eigenvalue weighted by atomic mass is 16.5. The molecule has 0 bridgehead atoms. The van der Waals surface area contributed by atoms with Gasteiger partial charge in [-0.25, -0.2) is 0 Å². The van der Waals surface area contributed by atoms with Crippen molar-refractivity contribution in [1.82, 2.24) is 4.90 Å². The van der Waals surface area contributed by atoms with Crippen LogP contribution >= 0.6 is 0 Å². The van der Waals surface area contributed by atoms with Crippen molar-refractivity contribution in [3.63, 3.8) is 0 Å². The minimum atomic E-state index is -0.736. The smallest absolute Gasteiger partial charge is 0.265 e. The van der Waals surface area contributed by atoms with Gasteiger partial charge in [-0.2, -0.15) is 0 Å². The van der Waals surface area contributed by atoms with Gasteiger partial charge in [0.05, 0.1) is 12.2 Å². The Labute approximate surface area is 159 Å². The van der Waals surface area contributed by atoms with Crippen LogP contribution in [0.3, 0.4) is 0 Å². The normalized spacial score (nSPS) is 15.6. The predicted octanol–water partition coefficient (Wildman–Crippen LogP) is 2.56. The summed E-state index contributed by atoms with van der Waals surface area (Å²) in [7, 11) is 3.34. The Hall–Kier alpha value is -3.02. The zero-order valence-electron chi connectivity index (χ0n) is 16.1. The number of carbonyl (C=O) groups excluding carboxylic acids is 2. The largest absolute Gasteiger partial charge is 0.484 e. The van der Waals surface area contributed by atoms with Gasteiger partial charge in [0.25, 0.3) is 11.8 Å². The van der Waals surface area contributed by atoms with Crippen molar-refractivity contribution in [2.75, 3.05) is 32.1 Å². The van der Waals surface area contributed by atoms with Gasteiger partial charge in [-0.3, -0.25) is 9.59 Å². The van der Waals surface area contributed by atoms with Gasteiger partial charge in [-0.05, 0) is 49.2 Å². The first-order valence-corrected chi connectivity index (χ1v) is 8.83. The molecule has 142 valence electrons. The number of carbonyl (C=O) groups is 2. The summed E-state index contributed by atoms with van der Waals surface area (Å²) < 4.78 is 11.5. The van der Waals surface area contributed by atoms with Crippen LogP contribution < -0.4 is 14.4 Å². The molecule has 0 aromatic heterocycles. The number of hydrogen-bond acceptors (Lipinski definition) is 4. The summed E-state index contributed by atoms with van der Waals surface area (Å²) in [6.07, 6.45) is -0.736. The molecule has 1 heterocycles. The van der Waals surface area contributed by atoms with Gasteiger partial charge in [0.15, 0.2) is 12.7 Å². The van der Waals surface area contributed by atoms with Crippen molar-refractivity contribution in [2.45, 2.75) is 20.0 Å². The van der Waals surface area contributed by atoms with E-state index in [0.717, 1.165) is 11.1 Å². The Morgan fingerprint density at radius 2 is 1.81 bits per heavy atom. The van der Waals surface area contributed by atoms with Gasteiger partial charge < -0.3 is 19.3 Å². The number of nitrogens with zero attached hydrogens (tertiary/aromatic N) is 2. The van der Waals surface area contributed by atoms with E-state index >= 15 is 0 Å². The fourth-order valence-corrected chi connectivity index (χ4v) is 3.13. The molecule has 2 aromatic carbocycles. The Kier molecular flexibility index (Phi) is 5.35. The van der Waals surface area contributed by atoms with Crippen LogP contribution in [0.25, 0.3) is 0 Å². The van der Waals surface area contributed by atoms with Crippen molar-refractivity contribution in [1.29, 1.82) is 0 Å². The molecule has 1 atom stereocenters. The third-order valence-corrected chi connectivity index (χ3v) is 4.35. The number of anilines is 1. The van der Waals surface area contributed by atoms with Gasteiger partial charge in [0.2, 0.25) is 0 Å². The highest BCUT2D eigenvalue weighted by Gasteiger charge is 2.34. The fraction of sp³-hybridized carbons (Fsp3) is 0.333. The molecule has 0 saturated carbocycles. The molecule has 0 aliphatic carbocycles. The van der Waals surface area contributed by atoms with Crippen LogP contribution in [0, 0.1) is 13.8 Å². The van der Waals surface area contributed by atoms with Crippen LogP contribution in [0.15, 0.2) is 42.5 Å². The molecule has 27 heavy (non-hydrogen) atoms. The number of aryl methyl sites for hydroxylation is 2. The van der Waals surface area contributed by atoms with Crippen molar-refractivity contribution in [3.05, 3.63) is 53.6 Å². The molecular formula is C21H24N2O4. The Morgan fingerprint density at radius 1 is 1.15 bits per heavy atom. The molecule has 0 radical (unpaired) electrons. The van der Waals surface area contributed by atoms with Crippen LogP contribution in [-0.2, 0) is 9.59 Å². The molecule has 0 N–H and O–H groups in total. The molecule has 6 heteroatoms. The first-order chi connectivity index (χ1) is 12.8. The summed E-state index contributed by atoms with van der Waals surface area (Å²) in [5.74, 6) is 0.769. The number of fused-ring (bicyclic) bond motifs is 1. The van der Waals surface area contributed by atoms with E-state index in [2.05, 4.69) is 0 Å². The monoisotopic (exact) mass is 368 g/mol. The molecule has 1 aliphatic rings. The van der Waals surface area contributed by atoms with E-state index in [4.69, 9.17) is 9.47 Å². The van der Waals surface area contributed by atoms with E-state index in [0.29, 0.717) is 17.2 Å². The molecule has 0 fully saturated rings. The number of para-hydroxylation sites is 2. The summed E-state index contributed by atoms with van der Waals surface area (Å²) >= 11 is 0. The number of rotatable bonds is 4. The molecule has 2 aromatic rings. The average Bonchev–Trinajstić information content (AvgIpc) is 2.63. The van der Waals surface area contributed by atoms with Crippen molar-refractivity contribution in [3.8, 4) is 11.5 Å². The van der Waals surface area contributed by atoms with E-state index in [1.54, 1.807) is 31.1 Å². The van der Waals surface area contributed by atoms with Gasteiger partial charge in [-0.1, -0.05) is 18.2 Å². The Morgan fingerprint density at radius 3 is 2.48 bits per heavy atom. The fourth-order valence-electron chi connectivity index (χ4n) is 3.13. The molecule has 0 spiro atoms. The minimum Gasteiger partial charge on any atom is -0.484 e. The summed E-state index contributed by atoms with van der Waals surface area (Å²) in [6, 6.07) is 13.1. The van der Waals surface area contributed by atoms with E-state index < -0.39 is 6.10 Å². The van der Waals surface area contributed by atoms with E-state index in [-0.39, 0.29) is 25.0 Å². The Balaban J connectivity index is 1.78. The molecule has 6 nitrogen and oxygen atoms in total. The Bertz CT molecular complexity index is 843. The first-order valence-electron chi connectivity index (χ1n) is 8.83. The maximum absolute atomic E-state index is 12.9. The summed E-state index contributed by atoms with van der Waals surface area (Å²) in [6.45, 7) is 4.01. The topological polar surface area (TPSA) is 59.1 Å². The maximum Gasteiger partial charge on any atom is 0.265 e. The summed E-state index contributed by atoms with van der Waals surface area (Å²) in [4.78, 5) is 28.3.